The number of para-hydroxylation sites is 1. The number of benzene rings is 1. The van der Waals surface area contributed by atoms with Gasteiger partial charge in [-0.2, -0.15) is 9.90 Å². The van der Waals surface area contributed by atoms with Crippen LogP contribution in [0.1, 0.15) is 23.0 Å². The van der Waals surface area contributed by atoms with Crippen LogP contribution in [-0.2, 0) is 17.7 Å². The first-order valence-corrected chi connectivity index (χ1v) is 8.71. The molecule has 0 saturated heterocycles. The summed E-state index contributed by atoms with van der Waals surface area (Å²) in [5, 5.41) is 11.6. The third-order valence-corrected chi connectivity index (χ3v) is 4.20. The lowest BCUT2D eigenvalue weighted by Gasteiger charge is -2.07. The summed E-state index contributed by atoms with van der Waals surface area (Å²) in [6.45, 7) is 4.31. The van der Waals surface area contributed by atoms with E-state index in [9.17, 15) is 9.59 Å². The molecule has 0 spiro atoms. The van der Waals surface area contributed by atoms with Crippen molar-refractivity contribution in [2.75, 3.05) is 18.5 Å². The van der Waals surface area contributed by atoms with Gasteiger partial charge in [0.25, 0.3) is 5.91 Å². The maximum atomic E-state index is 12.9. The number of fused-ring (bicyclic) bond motifs is 1. The molecule has 2 aromatic heterocycles. The highest BCUT2D eigenvalue weighted by molar-refractivity contribution is 5.96. The molecule has 2 heterocycles. The Labute approximate surface area is 156 Å². The molecule has 0 saturated carbocycles. The molecule has 9 heteroatoms. The van der Waals surface area contributed by atoms with E-state index >= 15 is 0 Å². The van der Waals surface area contributed by atoms with Gasteiger partial charge >= 0.3 is 6.09 Å². The molecule has 0 fully saturated rings. The fraction of sp³-hybridized carbons (Fsp3) is 0.333. The van der Waals surface area contributed by atoms with Crippen LogP contribution in [-0.4, -0.2) is 44.7 Å². The molecule has 0 unspecified atom stereocenters. The molecule has 9 nitrogen and oxygen atoms in total. The zero-order chi connectivity index (χ0) is 19.4. The van der Waals surface area contributed by atoms with Crippen molar-refractivity contribution in [2.45, 2.75) is 26.8 Å². The van der Waals surface area contributed by atoms with Gasteiger partial charge < -0.3 is 10.5 Å². The van der Waals surface area contributed by atoms with Gasteiger partial charge in [-0.25, -0.2) is 4.79 Å². The second kappa shape index (κ2) is 8.00. The molecular formula is C18H22N6O3. The Bertz CT molecular complexity index is 975. The number of hydrogen-bond acceptors (Lipinski definition) is 6. The van der Waals surface area contributed by atoms with Crippen LogP contribution in [0.5, 0.6) is 0 Å². The molecule has 0 aliphatic carbocycles. The van der Waals surface area contributed by atoms with E-state index in [1.807, 2.05) is 31.2 Å². The number of hydrogen-bond donors (Lipinski definition) is 2. The van der Waals surface area contributed by atoms with Gasteiger partial charge in [0.1, 0.15) is 6.54 Å². The molecular weight excluding hydrogens is 348 g/mol. The van der Waals surface area contributed by atoms with E-state index in [0.717, 1.165) is 22.2 Å². The highest BCUT2D eigenvalue weighted by Gasteiger charge is 2.19. The van der Waals surface area contributed by atoms with Gasteiger partial charge in [0.05, 0.1) is 18.3 Å². The monoisotopic (exact) mass is 370 g/mol. The second-order valence-electron chi connectivity index (χ2n) is 5.95. The molecule has 0 aliphatic heterocycles. The SMILES string of the molecule is CCOC(=O)Nc1cnn(CC(=O)n2c(C)c(CCN)c3ccccc32)n1. The minimum absolute atomic E-state index is 0.0634. The third kappa shape index (κ3) is 3.82. The lowest BCUT2D eigenvalue weighted by atomic mass is 10.1. The molecule has 0 radical (unpaired) electrons. The minimum atomic E-state index is -0.616. The van der Waals surface area contributed by atoms with Gasteiger partial charge in [0.2, 0.25) is 0 Å². The van der Waals surface area contributed by atoms with E-state index in [4.69, 9.17) is 10.5 Å². The van der Waals surface area contributed by atoms with Gasteiger partial charge in [-0.15, -0.1) is 5.10 Å². The molecule has 3 N–H and O–H groups in total. The van der Waals surface area contributed by atoms with Crippen molar-refractivity contribution >= 4 is 28.7 Å². The molecule has 3 rings (SSSR count). The zero-order valence-electron chi connectivity index (χ0n) is 15.3. The number of carbonyl (C=O) groups is 2. The number of carbonyl (C=O) groups excluding carboxylic acids is 2. The zero-order valence-corrected chi connectivity index (χ0v) is 15.3. The largest absolute Gasteiger partial charge is 0.450 e. The third-order valence-electron chi connectivity index (χ3n) is 4.20. The summed E-state index contributed by atoms with van der Waals surface area (Å²) in [4.78, 5) is 25.6. The average molecular weight is 370 g/mol. The summed E-state index contributed by atoms with van der Waals surface area (Å²) in [5.41, 5.74) is 8.50. The highest BCUT2D eigenvalue weighted by Crippen LogP contribution is 2.26. The number of aromatic nitrogens is 4. The fourth-order valence-electron chi connectivity index (χ4n) is 3.11. The summed E-state index contributed by atoms with van der Waals surface area (Å²) in [7, 11) is 0. The highest BCUT2D eigenvalue weighted by atomic mass is 16.5. The van der Waals surface area contributed by atoms with Crippen LogP contribution in [0, 0.1) is 6.92 Å². The number of ether oxygens (including phenoxy) is 1. The van der Waals surface area contributed by atoms with E-state index in [-0.39, 0.29) is 24.9 Å². The van der Waals surface area contributed by atoms with Gasteiger partial charge in [-0.05, 0) is 38.4 Å². The van der Waals surface area contributed by atoms with Crippen LogP contribution in [0.25, 0.3) is 10.9 Å². The molecule has 1 amide bonds. The molecule has 142 valence electrons. The predicted octanol–water partition coefficient (Wildman–Crippen LogP) is 1.95. The summed E-state index contributed by atoms with van der Waals surface area (Å²) in [6, 6.07) is 7.74. The van der Waals surface area contributed by atoms with Gasteiger partial charge in [0.15, 0.2) is 5.82 Å². The van der Waals surface area contributed by atoms with Crippen LogP contribution >= 0.6 is 0 Å². The van der Waals surface area contributed by atoms with E-state index < -0.39 is 6.09 Å². The fourth-order valence-corrected chi connectivity index (χ4v) is 3.11. The number of amides is 1. The Hall–Kier alpha value is -3.20. The Kier molecular flexibility index (Phi) is 5.51. The summed E-state index contributed by atoms with van der Waals surface area (Å²) in [6.07, 6.45) is 1.44. The number of rotatable bonds is 6. The number of nitrogens with two attached hydrogens (primary N) is 1. The van der Waals surface area contributed by atoms with Crippen molar-refractivity contribution in [2.24, 2.45) is 5.73 Å². The first-order chi connectivity index (χ1) is 13.0. The second-order valence-corrected chi connectivity index (χ2v) is 5.95. The molecule has 1 aromatic carbocycles. The Morgan fingerprint density at radius 3 is 2.81 bits per heavy atom. The number of anilines is 1. The quantitative estimate of drug-likeness (QED) is 0.685. The normalized spacial score (nSPS) is 10.9. The van der Waals surface area contributed by atoms with Gasteiger partial charge in [0, 0.05) is 11.1 Å². The van der Waals surface area contributed by atoms with Crippen molar-refractivity contribution in [1.82, 2.24) is 19.6 Å². The number of nitrogens with zero attached hydrogens (tertiary/aromatic N) is 4. The molecule has 27 heavy (non-hydrogen) atoms. The first kappa shape index (κ1) is 18.6. The first-order valence-electron chi connectivity index (χ1n) is 8.71. The Balaban J connectivity index is 1.84. The van der Waals surface area contributed by atoms with Crippen molar-refractivity contribution in [3.05, 3.63) is 41.7 Å². The molecule has 0 bridgehead atoms. The van der Waals surface area contributed by atoms with Crippen LogP contribution in [0.2, 0.25) is 0 Å². The molecule has 0 atom stereocenters. The summed E-state index contributed by atoms with van der Waals surface area (Å²) >= 11 is 0. The van der Waals surface area contributed by atoms with Crippen molar-refractivity contribution < 1.29 is 14.3 Å². The summed E-state index contributed by atoms with van der Waals surface area (Å²) < 4.78 is 6.46. The maximum Gasteiger partial charge on any atom is 0.412 e. The summed E-state index contributed by atoms with van der Waals surface area (Å²) in [5.74, 6) is 0.0458. The Morgan fingerprint density at radius 2 is 2.07 bits per heavy atom. The smallest absolute Gasteiger partial charge is 0.412 e. The maximum absolute atomic E-state index is 12.9. The lowest BCUT2D eigenvalue weighted by Crippen LogP contribution is -2.21. The Morgan fingerprint density at radius 1 is 1.30 bits per heavy atom. The topological polar surface area (TPSA) is 117 Å². The van der Waals surface area contributed by atoms with E-state index in [0.29, 0.717) is 13.0 Å². The minimum Gasteiger partial charge on any atom is -0.450 e. The van der Waals surface area contributed by atoms with Crippen molar-refractivity contribution in [3.63, 3.8) is 0 Å². The van der Waals surface area contributed by atoms with E-state index in [2.05, 4.69) is 15.5 Å². The molecule has 0 aliphatic rings. The van der Waals surface area contributed by atoms with Crippen LogP contribution in [0.4, 0.5) is 10.6 Å². The van der Waals surface area contributed by atoms with Crippen LogP contribution < -0.4 is 11.1 Å². The lowest BCUT2D eigenvalue weighted by molar-refractivity contribution is 0.0884. The van der Waals surface area contributed by atoms with Crippen molar-refractivity contribution in [1.29, 1.82) is 0 Å². The van der Waals surface area contributed by atoms with Crippen molar-refractivity contribution in [3.8, 4) is 0 Å². The van der Waals surface area contributed by atoms with Crippen LogP contribution in [0.15, 0.2) is 30.5 Å². The van der Waals surface area contributed by atoms with E-state index in [1.165, 1.54) is 11.0 Å². The van der Waals surface area contributed by atoms with Gasteiger partial charge in [-0.1, -0.05) is 18.2 Å². The standard InChI is InChI=1S/C18H22N6O3/c1-3-27-18(26)21-16-10-20-23(22-16)11-17(25)24-12(2)13(8-9-19)14-6-4-5-7-15(14)24/h4-7,10H,3,8-9,11,19H2,1-2H3,(H,21,22,26). The predicted molar refractivity (Wildman–Crippen MR) is 101 cm³/mol. The average Bonchev–Trinajstić information content (AvgIpc) is 3.18. The number of nitrogens with one attached hydrogen (secondary N) is 1. The molecule has 3 aromatic rings. The van der Waals surface area contributed by atoms with E-state index in [1.54, 1.807) is 11.5 Å². The van der Waals surface area contributed by atoms with Gasteiger partial charge in [-0.3, -0.25) is 14.7 Å². The van der Waals surface area contributed by atoms with Crippen LogP contribution in [0.3, 0.4) is 0 Å².